The molecule has 122 valence electrons. The first kappa shape index (κ1) is 18.2. The van der Waals surface area contributed by atoms with Gasteiger partial charge in [-0.1, -0.05) is 31.2 Å². The van der Waals surface area contributed by atoms with Gasteiger partial charge in [0, 0.05) is 20.1 Å². The van der Waals surface area contributed by atoms with Crippen LogP contribution < -0.4 is 4.74 Å². The molecule has 0 bridgehead atoms. The predicted molar refractivity (Wildman–Crippen MR) is 91.0 cm³/mol. The van der Waals surface area contributed by atoms with Gasteiger partial charge in [-0.2, -0.15) is 0 Å². The fourth-order valence-corrected chi connectivity index (χ4v) is 2.19. The van der Waals surface area contributed by atoms with Crippen LogP contribution in [0, 0.1) is 0 Å². The lowest BCUT2D eigenvalue weighted by Gasteiger charge is -2.24. The summed E-state index contributed by atoms with van der Waals surface area (Å²) in [6.07, 6.45) is 0. The van der Waals surface area contributed by atoms with Gasteiger partial charge in [0.2, 0.25) is 5.91 Å². The molecule has 0 aliphatic rings. The number of hydrogen-bond donors (Lipinski definition) is 0. The highest BCUT2D eigenvalue weighted by Gasteiger charge is 2.13. The van der Waals surface area contributed by atoms with Gasteiger partial charge < -0.3 is 9.64 Å². The summed E-state index contributed by atoms with van der Waals surface area (Å²) in [6, 6.07) is 7.88. The van der Waals surface area contributed by atoms with Gasteiger partial charge in [0.05, 0.1) is 13.2 Å². The fraction of sp³-hybridized carbons (Fsp3) is 0.500. The first-order valence-corrected chi connectivity index (χ1v) is 7.78. The highest BCUT2D eigenvalue weighted by Crippen LogP contribution is 2.13. The second-order valence-electron chi connectivity index (χ2n) is 5.59. The van der Waals surface area contributed by atoms with E-state index >= 15 is 0 Å². The molecule has 0 fully saturated rings. The standard InChI is InChI=1S/C18H28N2O2/c1-6-20(12-15(3)4)14-18(21)19(5)13-16-8-10-17(11-9-16)22-7-2/h8-11H,3,6-7,12-14H2,1-2,4-5H3. The molecule has 4 nitrogen and oxygen atoms in total. The number of likely N-dealkylation sites (N-methyl/N-ethyl adjacent to an activating group) is 2. The van der Waals surface area contributed by atoms with Crippen LogP contribution in [0.3, 0.4) is 0 Å². The average molecular weight is 304 g/mol. The first-order valence-electron chi connectivity index (χ1n) is 7.78. The molecule has 0 unspecified atom stereocenters. The van der Waals surface area contributed by atoms with Crippen LogP contribution in [-0.2, 0) is 11.3 Å². The molecule has 0 aliphatic heterocycles. The Labute approximate surface area is 134 Å². The number of hydrogen-bond acceptors (Lipinski definition) is 3. The van der Waals surface area contributed by atoms with Crippen molar-refractivity contribution < 1.29 is 9.53 Å². The molecule has 1 aromatic carbocycles. The second-order valence-corrected chi connectivity index (χ2v) is 5.59. The van der Waals surface area contributed by atoms with E-state index in [1.165, 1.54) is 0 Å². The SMILES string of the molecule is C=C(C)CN(CC)CC(=O)N(C)Cc1ccc(OCC)cc1. The number of ether oxygens (including phenoxy) is 1. The molecule has 0 atom stereocenters. The summed E-state index contributed by atoms with van der Waals surface area (Å²) < 4.78 is 5.42. The van der Waals surface area contributed by atoms with Crippen LogP contribution >= 0.6 is 0 Å². The Bertz CT molecular complexity index is 482. The second kappa shape index (κ2) is 9.26. The number of carbonyl (C=O) groups is 1. The van der Waals surface area contributed by atoms with Crippen LogP contribution in [0.4, 0.5) is 0 Å². The normalized spacial score (nSPS) is 10.6. The summed E-state index contributed by atoms with van der Waals surface area (Å²) >= 11 is 0. The van der Waals surface area contributed by atoms with Crippen molar-refractivity contribution in [3.05, 3.63) is 42.0 Å². The molecule has 1 rings (SSSR count). The fourth-order valence-electron chi connectivity index (χ4n) is 2.19. The van der Waals surface area contributed by atoms with Crippen LogP contribution in [0.1, 0.15) is 26.3 Å². The highest BCUT2D eigenvalue weighted by atomic mass is 16.5. The van der Waals surface area contributed by atoms with E-state index in [0.29, 0.717) is 19.7 Å². The molecule has 0 heterocycles. The summed E-state index contributed by atoms with van der Waals surface area (Å²) in [7, 11) is 1.84. The molecule has 0 saturated heterocycles. The zero-order valence-corrected chi connectivity index (χ0v) is 14.3. The highest BCUT2D eigenvalue weighted by molar-refractivity contribution is 5.78. The Hall–Kier alpha value is -1.81. The molecule has 1 aromatic rings. The Morgan fingerprint density at radius 2 is 1.82 bits per heavy atom. The van der Waals surface area contributed by atoms with E-state index in [1.807, 2.05) is 45.2 Å². The first-order chi connectivity index (χ1) is 10.5. The Morgan fingerprint density at radius 3 is 2.32 bits per heavy atom. The quantitative estimate of drug-likeness (QED) is 0.658. The van der Waals surface area contributed by atoms with E-state index in [0.717, 1.165) is 30.0 Å². The van der Waals surface area contributed by atoms with Gasteiger partial charge in [-0.3, -0.25) is 9.69 Å². The zero-order valence-electron chi connectivity index (χ0n) is 14.3. The van der Waals surface area contributed by atoms with Crippen LogP contribution in [0.2, 0.25) is 0 Å². The molecule has 0 aromatic heterocycles. The molecule has 0 spiro atoms. The largest absolute Gasteiger partial charge is 0.494 e. The number of carbonyl (C=O) groups excluding carboxylic acids is 1. The molecule has 1 amide bonds. The van der Waals surface area contributed by atoms with Gasteiger partial charge in [-0.25, -0.2) is 0 Å². The Morgan fingerprint density at radius 1 is 1.18 bits per heavy atom. The minimum Gasteiger partial charge on any atom is -0.494 e. The van der Waals surface area contributed by atoms with Gasteiger partial charge in [0.1, 0.15) is 5.75 Å². The van der Waals surface area contributed by atoms with Crippen molar-refractivity contribution in [2.45, 2.75) is 27.3 Å². The molecule has 4 heteroatoms. The summed E-state index contributed by atoms with van der Waals surface area (Å²) in [5.41, 5.74) is 2.17. The minimum atomic E-state index is 0.122. The third-order valence-electron chi connectivity index (χ3n) is 3.38. The van der Waals surface area contributed by atoms with E-state index in [-0.39, 0.29) is 5.91 Å². The monoisotopic (exact) mass is 304 g/mol. The van der Waals surface area contributed by atoms with Crippen molar-refractivity contribution in [2.24, 2.45) is 0 Å². The third-order valence-corrected chi connectivity index (χ3v) is 3.38. The topological polar surface area (TPSA) is 32.8 Å². The van der Waals surface area contributed by atoms with Crippen LogP contribution in [0.5, 0.6) is 5.75 Å². The van der Waals surface area contributed by atoms with Gasteiger partial charge in [0.25, 0.3) is 0 Å². The van der Waals surface area contributed by atoms with Gasteiger partial charge in [0.15, 0.2) is 0 Å². The van der Waals surface area contributed by atoms with E-state index in [4.69, 9.17) is 4.74 Å². The summed E-state index contributed by atoms with van der Waals surface area (Å²) in [4.78, 5) is 16.2. The van der Waals surface area contributed by atoms with Gasteiger partial charge in [-0.15, -0.1) is 0 Å². The maximum Gasteiger partial charge on any atom is 0.236 e. The molecule has 0 saturated carbocycles. The van der Waals surface area contributed by atoms with Crippen molar-refractivity contribution in [1.29, 1.82) is 0 Å². The molecule has 0 N–H and O–H groups in total. The Balaban J connectivity index is 2.54. The van der Waals surface area contributed by atoms with E-state index in [1.54, 1.807) is 4.90 Å². The lowest BCUT2D eigenvalue weighted by Crippen LogP contribution is -2.38. The molecule has 0 aliphatic carbocycles. The van der Waals surface area contributed by atoms with Crippen molar-refractivity contribution in [2.75, 3.05) is 33.3 Å². The van der Waals surface area contributed by atoms with Crippen molar-refractivity contribution in [1.82, 2.24) is 9.80 Å². The lowest BCUT2D eigenvalue weighted by molar-refractivity contribution is -0.131. The number of rotatable bonds is 9. The lowest BCUT2D eigenvalue weighted by atomic mass is 10.2. The van der Waals surface area contributed by atoms with Crippen LogP contribution in [-0.4, -0.2) is 49.0 Å². The minimum absolute atomic E-state index is 0.122. The summed E-state index contributed by atoms with van der Waals surface area (Å²) in [5.74, 6) is 0.982. The maximum atomic E-state index is 12.3. The summed E-state index contributed by atoms with van der Waals surface area (Å²) in [6.45, 7) is 13.2. The van der Waals surface area contributed by atoms with E-state index < -0.39 is 0 Å². The van der Waals surface area contributed by atoms with Gasteiger partial charge >= 0.3 is 0 Å². The van der Waals surface area contributed by atoms with Crippen molar-refractivity contribution in [3.63, 3.8) is 0 Å². The molecular weight excluding hydrogens is 276 g/mol. The molecular formula is C18H28N2O2. The van der Waals surface area contributed by atoms with Crippen molar-refractivity contribution >= 4 is 5.91 Å². The zero-order chi connectivity index (χ0) is 16.5. The number of nitrogens with zero attached hydrogens (tertiary/aromatic N) is 2. The van der Waals surface area contributed by atoms with Crippen LogP contribution in [0.25, 0.3) is 0 Å². The van der Waals surface area contributed by atoms with Gasteiger partial charge in [-0.05, 0) is 38.1 Å². The average Bonchev–Trinajstić information content (AvgIpc) is 2.48. The third kappa shape index (κ3) is 6.31. The number of benzene rings is 1. The summed E-state index contributed by atoms with van der Waals surface area (Å²) in [5, 5.41) is 0. The molecule has 22 heavy (non-hydrogen) atoms. The predicted octanol–water partition coefficient (Wildman–Crippen LogP) is 2.94. The molecule has 0 radical (unpaired) electrons. The van der Waals surface area contributed by atoms with Crippen LogP contribution in [0.15, 0.2) is 36.4 Å². The van der Waals surface area contributed by atoms with E-state index in [2.05, 4.69) is 18.4 Å². The Kier molecular flexibility index (Phi) is 7.67. The van der Waals surface area contributed by atoms with E-state index in [9.17, 15) is 4.79 Å². The van der Waals surface area contributed by atoms with Crippen molar-refractivity contribution in [3.8, 4) is 5.75 Å². The maximum absolute atomic E-state index is 12.3. The smallest absolute Gasteiger partial charge is 0.236 e. The number of amides is 1.